The molecule has 1 aromatic heterocycles. The SMILES string of the molecule is CCCCNC(=O)Cc1cn([C@H]2C[C@H](O)[C@@H](CO)O2)c(=O)[nH]c1=O. The minimum atomic E-state index is -0.903. The highest BCUT2D eigenvalue weighted by Crippen LogP contribution is 2.27. The molecule has 9 heteroatoms. The number of hydrogen-bond acceptors (Lipinski definition) is 6. The van der Waals surface area contributed by atoms with Gasteiger partial charge in [-0.3, -0.25) is 19.1 Å². The molecule has 1 aliphatic rings. The lowest BCUT2D eigenvalue weighted by Crippen LogP contribution is -2.36. The quantitative estimate of drug-likeness (QED) is 0.453. The molecule has 4 N–H and O–H groups in total. The van der Waals surface area contributed by atoms with Gasteiger partial charge < -0.3 is 20.3 Å². The van der Waals surface area contributed by atoms with E-state index in [0.717, 1.165) is 17.4 Å². The summed E-state index contributed by atoms with van der Waals surface area (Å²) in [6.45, 7) is 2.16. The first-order chi connectivity index (χ1) is 11.5. The summed E-state index contributed by atoms with van der Waals surface area (Å²) >= 11 is 0. The van der Waals surface area contributed by atoms with Crippen LogP contribution in [0.15, 0.2) is 15.8 Å². The fourth-order valence-electron chi connectivity index (χ4n) is 2.56. The Morgan fingerprint density at radius 1 is 1.50 bits per heavy atom. The molecule has 2 heterocycles. The molecular weight excluding hydrogens is 318 g/mol. The van der Waals surface area contributed by atoms with Gasteiger partial charge in [0.25, 0.3) is 5.56 Å². The number of H-pyrrole nitrogens is 1. The smallest absolute Gasteiger partial charge is 0.330 e. The van der Waals surface area contributed by atoms with Crippen LogP contribution in [0.4, 0.5) is 0 Å². The second-order valence-corrected chi connectivity index (χ2v) is 5.82. The van der Waals surface area contributed by atoms with Crippen molar-refractivity contribution < 1.29 is 19.7 Å². The number of nitrogens with one attached hydrogen (secondary N) is 2. The van der Waals surface area contributed by atoms with E-state index in [1.54, 1.807) is 0 Å². The predicted molar refractivity (Wildman–Crippen MR) is 84.6 cm³/mol. The fourth-order valence-corrected chi connectivity index (χ4v) is 2.56. The summed E-state index contributed by atoms with van der Waals surface area (Å²) in [7, 11) is 0. The topological polar surface area (TPSA) is 134 Å². The first kappa shape index (κ1) is 18.4. The maximum atomic E-state index is 12.0. The zero-order valence-electron chi connectivity index (χ0n) is 13.5. The summed E-state index contributed by atoms with van der Waals surface area (Å²) in [5, 5.41) is 21.6. The molecule has 1 saturated heterocycles. The van der Waals surface area contributed by atoms with Gasteiger partial charge in [0.05, 0.1) is 19.1 Å². The molecule has 0 saturated carbocycles. The molecule has 0 aliphatic carbocycles. The third-order valence-electron chi connectivity index (χ3n) is 3.94. The highest BCUT2D eigenvalue weighted by molar-refractivity contribution is 5.78. The number of aliphatic hydroxyl groups excluding tert-OH is 2. The molecule has 2 rings (SSSR count). The zero-order valence-corrected chi connectivity index (χ0v) is 13.5. The number of amides is 1. The van der Waals surface area contributed by atoms with E-state index < -0.39 is 29.7 Å². The molecule has 3 atom stereocenters. The average Bonchev–Trinajstić information content (AvgIpc) is 2.91. The lowest BCUT2D eigenvalue weighted by Gasteiger charge is -2.15. The van der Waals surface area contributed by atoms with Gasteiger partial charge in [0.2, 0.25) is 5.91 Å². The van der Waals surface area contributed by atoms with Crippen LogP contribution in [0.5, 0.6) is 0 Å². The number of aliphatic hydroxyl groups is 2. The molecular formula is C15H23N3O6. The number of rotatable bonds is 7. The van der Waals surface area contributed by atoms with Gasteiger partial charge in [-0.25, -0.2) is 4.79 Å². The Hall–Kier alpha value is -1.97. The summed E-state index contributed by atoms with van der Waals surface area (Å²) in [5.41, 5.74) is -1.18. The minimum Gasteiger partial charge on any atom is -0.394 e. The van der Waals surface area contributed by atoms with E-state index in [9.17, 15) is 19.5 Å². The Morgan fingerprint density at radius 3 is 2.88 bits per heavy atom. The number of aromatic nitrogens is 2. The summed E-state index contributed by atoms with van der Waals surface area (Å²) in [4.78, 5) is 37.8. The predicted octanol–water partition coefficient (Wildman–Crippen LogP) is -1.36. The molecule has 1 fully saturated rings. The molecule has 24 heavy (non-hydrogen) atoms. The highest BCUT2D eigenvalue weighted by atomic mass is 16.5. The van der Waals surface area contributed by atoms with Crippen molar-refractivity contribution >= 4 is 5.91 Å². The second kappa shape index (κ2) is 8.22. The first-order valence-electron chi connectivity index (χ1n) is 8.01. The van der Waals surface area contributed by atoms with Gasteiger partial charge in [0.1, 0.15) is 12.3 Å². The maximum absolute atomic E-state index is 12.0. The van der Waals surface area contributed by atoms with Gasteiger partial charge in [-0.2, -0.15) is 0 Å². The summed E-state index contributed by atoms with van der Waals surface area (Å²) in [6.07, 6.45) is 0.532. The summed E-state index contributed by atoms with van der Waals surface area (Å²) < 4.78 is 6.54. The maximum Gasteiger partial charge on any atom is 0.330 e. The van der Waals surface area contributed by atoms with Crippen LogP contribution in [-0.2, 0) is 16.0 Å². The molecule has 134 valence electrons. The van der Waals surface area contributed by atoms with Crippen LogP contribution < -0.4 is 16.6 Å². The normalized spacial score (nSPS) is 23.4. The van der Waals surface area contributed by atoms with Crippen LogP contribution in [0.25, 0.3) is 0 Å². The number of hydrogen-bond donors (Lipinski definition) is 4. The molecule has 0 spiro atoms. The van der Waals surface area contributed by atoms with Gasteiger partial charge in [0.15, 0.2) is 0 Å². The van der Waals surface area contributed by atoms with Crippen LogP contribution in [-0.4, -0.2) is 51.0 Å². The van der Waals surface area contributed by atoms with Crippen molar-refractivity contribution in [1.82, 2.24) is 14.9 Å². The Morgan fingerprint density at radius 2 is 2.25 bits per heavy atom. The van der Waals surface area contributed by atoms with E-state index in [1.165, 1.54) is 6.20 Å². The number of nitrogens with zero attached hydrogens (tertiary/aromatic N) is 1. The van der Waals surface area contributed by atoms with E-state index >= 15 is 0 Å². The molecule has 1 aromatic rings. The van der Waals surface area contributed by atoms with Gasteiger partial charge in [-0.05, 0) is 6.42 Å². The Labute approximate surface area is 138 Å². The Kier molecular flexibility index (Phi) is 6.29. The van der Waals surface area contributed by atoms with E-state index in [0.29, 0.717) is 6.54 Å². The third kappa shape index (κ3) is 4.31. The number of carbonyl (C=O) groups excluding carboxylic acids is 1. The van der Waals surface area contributed by atoms with E-state index in [4.69, 9.17) is 9.84 Å². The van der Waals surface area contributed by atoms with Gasteiger partial charge in [0, 0.05) is 24.7 Å². The second-order valence-electron chi connectivity index (χ2n) is 5.82. The van der Waals surface area contributed by atoms with Crippen LogP contribution in [0.1, 0.15) is 38.0 Å². The third-order valence-corrected chi connectivity index (χ3v) is 3.94. The number of aromatic amines is 1. The first-order valence-corrected chi connectivity index (χ1v) is 8.01. The summed E-state index contributed by atoms with van der Waals surface area (Å²) in [6, 6.07) is 0. The fraction of sp³-hybridized carbons (Fsp3) is 0.667. The van der Waals surface area contributed by atoms with Gasteiger partial charge in [-0.1, -0.05) is 13.3 Å². The lowest BCUT2D eigenvalue weighted by molar-refractivity contribution is -0.120. The van der Waals surface area contributed by atoms with Crippen molar-refractivity contribution in [3.05, 3.63) is 32.6 Å². The van der Waals surface area contributed by atoms with Crippen LogP contribution in [0.2, 0.25) is 0 Å². The van der Waals surface area contributed by atoms with Crippen molar-refractivity contribution in [3.8, 4) is 0 Å². The summed E-state index contributed by atoms with van der Waals surface area (Å²) in [5.74, 6) is -0.306. The van der Waals surface area contributed by atoms with Crippen molar-refractivity contribution in [2.24, 2.45) is 0 Å². The van der Waals surface area contributed by atoms with Gasteiger partial charge in [-0.15, -0.1) is 0 Å². The number of carbonyl (C=O) groups is 1. The Balaban J connectivity index is 2.15. The number of unbranched alkanes of at least 4 members (excludes halogenated alkanes) is 1. The van der Waals surface area contributed by atoms with Crippen molar-refractivity contribution in [3.63, 3.8) is 0 Å². The van der Waals surface area contributed by atoms with Gasteiger partial charge >= 0.3 is 5.69 Å². The lowest BCUT2D eigenvalue weighted by atomic mass is 10.2. The van der Waals surface area contributed by atoms with E-state index in [-0.39, 0.29) is 30.9 Å². The molecule has 0 bridgehead atoms. The van der Waals surface area contributed by atoms with E-state index in [2.05, 4.69) is 10.3 Å². The highest BCUT2D eigenvalue weighted by Gasteiger charge is 2.35. The molecule has 1 aliphatic heterocycles. The minimum absolute atomic E-state index is 0.110. The van der Waals surface area contributed by atoms with Crippen LogP contribution in [0, 0.1) is 0 Å². The van der Waals surface area contributed by atoms with Crippen molar-refractivity contribution in [1.29, 1.82) is 0 Å². The van der Waals surface area contributed by atoms with Crippen LogP contribution in [0.3, 0.4) is 0 Å². The molecule has 0 radical (unpaired) electrons. The zero-order chi connectivity index (χ0) is 17.7. The average molecular weight is 341 g/mol. The van der Waals surface area contributed by atoms with Crippen LogP contribution >= 0.6 is 0 Å². The molecule has 1 amide bonds. The molecule has 9 nitrogen and oxygen atoms in total. The monoisotopic (exact) mass is 341 g/mol. The van der Waals surface area contributed by atoms with Crippen molar-refractivity contribution in [2.45, 2.75) is 51.0 Å². The largest absolute Gasteiger partial charge is 0.394 e. The van der Waals surface area contributed by atoms with Crippen molar-refractivity contribution in [2.75, 3.05) is 13.2 Å². The van der Waals surface area contributed by atoms with E-state index in [1.807, 2.05) is 6.92 Å². The number of ether oxygens (including phenoxy) is 1. The molecule has 0 aromatic carbocycles. The molecule has 0 unspecified atom stereocenters. The Bertz CT molecular complexity index is 683. The standard InChI is InChI=1S/C15H23N3O6/c1-2-3-4-16-12(21)5-9-7-18(15(23)17-14(9)22)13-6-10(20)11(8-19)24-13/h7,10-11,13,19-20H,2-6,8H2,1H3,(H,16,21)(H,17,22,23)/t10-,11+,13+/m0/s1.